The van der Waals surface area contributed by atoms with Gasteiger partial charge in [-0.25, -0.2) is 0 Å². The van der Waals surface area contributed by atoms with Gasteiger partial charge in [0, 0.05) is 31.5 Å². The molecule has 2 fully saturated rings. The fourth-order valence-corrected chi connectivity index (χ4v) is 3.03. The number of benzene rings is 1. The van der Waals surface area contributed by atoms with Gasteiger partial charge in [-0.2, -0.15) is 0 Å². The van der Waals surface area contributed by atoms with Gasteiger partial charge in [0.05, 0.1) is 6.10 Å². The minimum absolute atomic E-state index is 0.275. The van der Waals surface area contributed by atoms with Crippen molar-refractivity contribution < 1.29 is 9.47 Å². The number of nitrogens with one attached hydrogen (secondary N) is 1. The number of likely N-dealkylation sites (tertiary alicyclic amines) is 1. The van der Waals surface area contributed by atoms with Gasteiger partial charge in [-0.15, -0.1) is 0 Å². The highest BCUT2D eigenvalue weighted by atomic mass is 16.5. The van der Waals surface area contributed by atoms with E-state index in [0.717, 1.165) is 44.0 Å². The number of rotatable bonds is 7. The Labute approximate surface area is 127 Å². The van der Waals surface area contributed by atoms with E-state index < -0.39 is 0 Å². The van der Waals surface area contributed by atoms with Crippen LogP contribution in [0.5, 0.6) is 5.75 Å². The first kappa shape index (κ1) is 14.7. The SMILES string of the molecule is c1cc(NCCN2CCCC2)cc(OCC2CCCO2)c1. The van der Waals surface area contributed by atoms with E-state index in [9.17, 15) is 0 Å². The molecule has 1 unspecified atom stereocenters. The summed E-state index contributed by atoms with van der Waals surface area (Å²) in [4.78, 5) is 2.52. The minimum atomic E-state index is 0.275. The molecule has 1 N–H and O–H groups in total. The summed E-state index contributed by atoms with van der Waals surface area (Å²) in [7, 11) is 0. The maximum atomic E-state index is 5.83. The fraction of sp³-hybridized carbons (Fsp3) is 0.647. The molecule has 0 amide bonds. The fourth-order valence-electron chi connectivity index (χ4n) is 3.03. The third kappa shape index (κ3) is 4.61. The predicted molar refractivity (Wildman–Crippen MR) is 85.1 cm³/mol. The first-order chi connectivity index (χ1) is 10.4. The van der Waals surface area contributed by atoms with E-state index >= 15 is 0 Å². The van der Waals surface area contributed by atoms with Crippen molar-refractivity contribution >= 4 is 5.69 Å². The quantitative estimate of drug-likeness (QED) is 0.837. The Bertz CT molecular complexity index is 427. The molecule has 0 aliphatic carbocycles. The second-order valence-corrected chi connectivity index (χ2v) is 5.95. The largest absolute Gasteiger partial charge is 0.491 e. The molecule has 2 saturated heterocycles. The van der Waals surface area contributed by atoms with Gasteiger partial charge < -0.3 is 19.7 Å². The summed E-state index contributed by atoms with van der Waals surface area (Å²) in [5.41, 5.74) is 1.14. The lowest BCUT2D eigenvalue weighted by Crippen LogP contribution is -2.25. The Hall–Kier alpha value is -1.26. The Kier molecular flexibility index (Phi) is 5.35. The van der Waals surface area contributed by atoms with Gasteiger partial charge in [-0.05, 0) is 50.9 Å². The van der Waals surface area contributed by atoms with Gasteiger partial charge in [0.15, 0.2) is 0 Å². The van der Waals surface area contributed by atoms with E-state index in [-0.39, 0.29) is 6.10 Å². The van der Waals surface area contributed by atoms with E-state index in [1.807, 2.05) is 12.1 Å². The van der Waals surface area contributed by atoms with Crippen LogP contribution >= 0.6 is 0 Å². The van der Waals surface area contributed by atoms with Crippen molar-refractivity contribution in [3.05, 3.63) is 24.3 Å². The highest BCUT2D eigenvalue weighted by molar-refractivity contribution is 5.48. The van der Waals surface area contributed by atoms with Crippen molar-refractivity contribution in [3.63, 3.8) is 0 Å². The van der Waals surface area contributed by atoms with Crippen LogP contribution < -0.4 is 10.1 Å². The van der Waals surface area contributed by atoms with Crippen molar-refractivity contribution in [2.45, 2.75) is 31.8 Å². The molecule has 3 rings (SSSR count). The lowest BCUT2D eigenvalue weighted by atomic mass is 10.2. The van der Waals surface area contributed by atoms with Crippen molar-refractivity contribution in [2.75, 3.05) is 44.7 Å². The Morgan fingerprint density at radius 2 is 2.14 bits per heavy atom. The summed E-state index contributed by atoms with van der Waals surface area (Å²) in [5.74, 6) is 0.927. The predicted octanol–water partition coefficient (Wildman–Crippen LogP) is 2.75. The second-order valence-electron chi connectivity index (χ2n) is 5.95. The molecular weight excluding hydrogens is 264 g/mol. The number of anilines is 1. The molecule has 0 saturated carbocycles. The van der Waals surface area contributed by atoms with E-state index in [1.165, 1.54) is 25.9 Å². The summed E-state index contributed by atoms with van der Waals surface area (Å²) in [6.07, 6.45) is 5.26. The van der Waals surface area contributed by atoms with Crippen LogP contribution in [0.3, 0.4) is 0 Å². The summed E-state index contributed by atoms with van der Waals surface area (Å²) >= 11 is 0. The van der Waals surface area contributed by atoms with Crippen molar-refractivity contribution in [1.29, 1.82) is 0 Å². The zero-order valence-corrected chi connectivity index (χ0v) is 12.7. The summed E-state index contributed by atoms with van der Waals surface area (Å²) in [6, 6.07) is 8.24. The molecule has 1 aromatic rings. The Morgan fingerprint density at radius 1 is 1.24 bits per heavy atom. The third-order valence-electron chi connectivity index (χ3n) is 4.25. The molecule has 4 nitrogen and oxygen atoms in total. The van der Waals surface area contributed by atoms with Crippen LogP contribution in [0.4, 0.5) is 5.69 Å². The van der Waals surface area contributed by atoms with E-state index in [0.29, 0.717) is 6.61 Å². The maximum absolute atomic E-state index is 5.83. The molecular formula is C17H26N2O2. The van der Waals surface area contributed by atoms with Gasteiger partial charge in [0.2, 0.25) is 0 Å². The van der Waals surface area contributed by atoms with Crippen LogP contribution in [-0.4, -0.2) is 50.4 Å². The highest BCUT2D eigenvalue weighted by Gasteiger charge is 2.16. The standard InChI is InChI=1S/C17H26N2O2/c1-2-10-19(9-1)11-8-18-15-5-3-6-16(13-15)21-14-17-7-4-12-20-17/h3,5-6,13,17-18H,1-2,4,7-12,14H2. The normalized spacial score (nSPS) is 22.6. The maximum Gasteiger partial charge on any atom is 0.121 e. The monoisotopic (exact) mass is 290 g/mol. The zero-order valence-electron chi connectivity index (χ0n) is 12.7. The molecule has 1 atom stereocenters. The molecule has 0 spiro atoms. The average molecular weight is 290 g/mol. The summed E-state index contributed by atoms with van der Waals surface area (Å²) < 4.78 is 11.4. The molecule has 116 valence electrons. The van der Waals surface area contributed by atoms with Crippen molar-refractivity contribution in [1.82, 2.24) is 4.90 Å². The van der Waals surface area contributed by atoms with Gasteiger partial charge in [0.25, 0.3) is 0 Å². The number of ether oxygens (including phenoxy) is 2. The first-order valence-electron chi connectivity index (χ1n) is 8.21. The number of nitrogens with zero attached hydrogens (tertiary/aromatic N) is 1. The molecule has 21 heavy (non-hydrogen) atoms. The topological polar surface area (TPSA) is 33.7 Å². The smallest absolute Gasteiger partial charge is 0.121 e. The number of hydrogen-bond donors (Lipinski definition) is 1. The molecule has 0 bridgehead atoms. The summed E-state index contributed by atoms with van der Waals surface area (Å²) in [5, 5.41) is 3.49. The van der Waals surface area contributed by atoms with E-state index in [2.05, 4.69) is 22.3 Å². The van der Waals surface area contributed by atoms with Gasteiger partial charge in [0.1, 0.15) is 12.4 Å². The van der Waals surface area contributed by atoms with Crippen LogP contribution in [0.2, 0.25) is 0 Å². The first-order valence-corrected chi connectivity index (χ1v) is 8.21. The average Bonchev–Trinajstić information content (AvgIpc) is 3.19. The van der Waals surface area contributed by atoms with Crippen LogP contribution in [0, 0.1) is 0 Å². The molecule has 0 radical (unpaired) electrons. The number of hydrogen-bond acceptors (Lipinski definition) is 4. The van der Waals surface area contributed by atoms with Gasteiger partial charge in [-0.3, -0.25) is 0 Å². The van der Waals surface area contributed by atoms with Crippen molar-refractivity contribution in [3.8, 4) is 5.75 Å². The van der Waals surface area contributed by atoms with E-state index in [1.54, 1.807) is 0 Å². The van der Waals surface area contributed by atoms with Crippen LogP contribution in [-0.2, 0) is 4.74 Å². The van der Waals surface area contributed by atoms with Crippen molar-refractivity contribution in [2.24, 2.45) is 0 Å². The van der Waals surface area contributed by atoms with E-state index in [4.69, 9.17) is 9.47 Å². The van der Waals surface area contributed by atoms with Crippen LogP contribution in [0.25, 0.3) is 0 Å². The zero-order chi connectivity index (χ0) is 14.3. The molecule has 2 aliphatic heterocycles. The second kappa shape index (κ2) is 7.66. The lowest BCUT2D eigenvalue weighted by Gasteiger charge is -2.16. The highest BCUT2D eigenvalue weighted by Crippen LogP contribution is 2.19. The molecule has 0 aromatic heterocycles. The summed E-state index contributed by atoms with van der Waals surface area (Å²) in [6.45, 7) is 6.18. The minimum Gasteiger partial charge on any atom is -0.491 e. The molecule has 2 heterocycles. The molecule has 4 heteroatoms. The lowest BCUT2D eigenvalue weighted by molar-refractivity contribution is 0.0680. The Morgan fingerprint density at radius 3 is 2.95 bits per heavy atom. The van der Waals surface area contributed by atoms with Crippen LogP contribution in [0.1, 0.15) is 25.7 Å². The Balaban J connectivity index is 1.41. The molecule has 2 aliphatic rings. The van der Waals surface area contributed by atoms with Crippen LogP contribution in [0.15, 0.2) is 24.3 Å². The van der Waals surface area contributed by atoms with Gasteiger partial charge in [-0.1, -0.05) is 6.07 Å². The third-order valence-corrected chi connectivity index (χ3v) is 4.25. The molecule has 1 aromatic carbocycles. The van der Waals surface area contributed by atoms with Gasteiger partial charge >= 0.3 is 0 Å².